The summed E-state index contributed by atoms with van der Waals surface area (Å²) >= 11 is 0. The number of unbranched alkanes of at least 4 members (excludes halogenated alkanes) is 1. The number of carbonyl (C=O) groups is 1. The normalized spacial score (nSPS) is 14.6. The van der Waals surface area contributed by atoms with Crippen molar-refractivity contribution in [2.45, 2.75) is 26.2 Å². The van der Waals surface area contributed by atoms with Gasteiger partial charge >= 0.3 is 0 Å². The molecule has 1 aliphatic carbocycles. The summed E-state index contributed by atoms with van der Waals surface area (Å²) in [5.41, 5.74) is 16.9. The first-order valence-electron chi connectivity index (χ1n) is 13.4. The number of benzene rings is 4. The molecule has 1 saturated heterocycles. The summed E-state index contributed by atoms with van der Waals surface area (Å²) in [5.74, 6) is -0.354. The van der Waals surface area contributed by atoms with Crippen LogP contribution >= 0.6 is 0 Å². The number of rotatable bonds is 6. The maximum atomic E-state index is 13.4. The molecule has 4 aromatic carbocycles. The monoisotopic (exact) mass is 487 g/mol. The number of anilines is 1. The number of piperazine rings is 1. The Morgan fingerprint density at radius 2 is 1.57 bits per heavy atom. The maximum absolute atomic E-state index is 13.4. The van der Waals surface area contributed by atoms with E-state index >= 15 is 0 Å². The van der Waals surface area contributed by atoms with E-state index < -0.39 is 0 Å². The molecular weight excluding hydrogens is 454 g/mol. The molecule has 186 valence electrons. The Kier molecular flexibility index (Phi) is 6.05. The van der Waals surface area contributed by atoms with Gasteiger partial charge in [-0.15, -0.1) is 0 Å². The Balaban J connectivity index is 1.82. The molecule has 4 heteroatoms. The first kappa shape index (κ1) is 23.5. The fraction of sp³-hybridized carbons (Fsp3) is 0.242. The first-order valence-corrected chi connectivity index (χ1v) is 13.4. The van der Waals surface area contributed by atoms with Crippen LogP contribution < -0.4 is 16.0 Å². The number of nitrogens with zero attached hydrogens (tertiary/aromatic N) is 1. The lowest BCUT2D eigenvalue weighted by atomic mass is 9.82. The van der Waals surface area contributed by atoms with Crippen molar-refractivity contribution in [1.82, 2.24) is 5.32 Å². The summed E-state index contributed by atoms with van der Waals surface area (Å²) in [6.45, 7) is 10.2. The molecule has 4 nitrogen and oxygen atoms in total. The minimum atomic E-state index is -0.354. The van der Waals surface area contributed by atoms with E-state index in [4.69, 9.17) is 5.73 Å². The molecule has 6 rings (SSSR count). The highest BCUT2D eigenvalue weighted by molar-refractivity contribution is 6.18. The topological polar surface area (TPSA) is 58.4 Å². The molecule has 1 aliphatic heterocycles. The van der Waals surface area contributed by atoms with Crippen LogP contribution in [0, 0.1) is 0 Å². The van der Waals surface area contributed by atoms with E-state index in [0.717, 1.165) is 84.5 Å². The Morgan fingerprint density at radius 3 is 2.32 bits per heavy atom. The number of nitrogens with one attached hydrogen (secondary N) is 1. The molecule has 2 aliphatic rings. The van der Waals surface area contributed by atoms with Crippen molar-refractivity contribution >= 4 is 27.9 Å². The first-order chi connectivity index (χ1) is 18.1. The number of hydrogen-bond donors (Lipinski definition) is 2. The van der Waals surface area contributed by atoms with Crippen molar-refractivity contribution in [3.8, 4) is 22.3 Å². The quantitative estimate of drug-likeness (QED) is 0.291. The van der Waals surface area contributed by atoms with Crippen LogP contribution in [-0.4, -0.2) is 32.1 Å². The van der Waals surface area contributed by atoms with Crippen molar-refractivity contribution in [1.29, 1.82) is 0 Å². The van der Waals surface area contributed by atoms with Gasteiger partial charge in [0.15, 0.2) is 0 Å². The van der Waals surface area contributed by atoms with Crippen LogP contribution in [0.25, 0.3) is 38.6 Å². The van der Waals surface area contributed by atoms with Crippen molar-refractivity contribution in [2.24, 2.45) is 5.73 Å². The summed E-state index contributed by atoms with van der Waals surface area (Å²) in [6, 6.07) is 23.5. The average Bonchev–Trinajstić information content (AvgIpc) is 3.23. The van der Waals surface area contributed by atoms with Gasteiger partial charge in [-0.2, -0.15) is 0 Å². The largest absolute Gasteiger partial charge is 0.368 e. The number of hydrogen-bond acceptors (Lipinski definition) is 3. The zero-order valence-electron chi connectivity index (χ0n) is 21.4. The van der Waals surface area contributed by atoms with E-state index in [2.05, 4.69) is 90.4 Å². The van der Waals surface area contributed by atoms with Crippen LogP contribution in [0.5, 0.6) is 0 Å². The smallest absolute Gasteiger partial charge is 0.251 e. The molecule has 0 saturated carbocycles. The van der Waals surface area contributed by atoms with Crippen molar-refractivity contribution in [3.05, 3.63) is 95.6 Å². The number of carbonyl (C=O) groups excluding carboxylic acids is 1. The van der Waals surface area contributed by atoms with Gasteiger partial charge in [0.25, 0.3) is 5.91 Å². The molecule has 0 unspecified atom stereocenters. The predicted molar refractivity (Wildman–Crippen MR) is 155 cm³/mol. The molecule has 0 spiro atoms. The summed E-state index contributed by atoms with van der Waals surface area (Å²) < 4.78 is 0. The molecule has 0 bridgehead atoms. The van der Waals surface area contributed by atoms with E-state index in [0.29, 0.717) is 5.56 Å². The summed E-state index contributed by atoms with van der Waals surface area (Å²) in [6.07, 6.45) is 2.84. The zero-order valence-corrected chi connectivity index (χ0v) is 21.4. The molecule has 4 aromatic rings. The van der Waals surface area contributed by atoms with Crippen molar-refractivity contribution in [3.63, 3.8) is 0 Å². The Bertz CT molecular complexity index is 1540. The summed E-state index contributed by atoms with van der Waals surface area (Å²) in [4.78, 5) is 15.8. The molecular formula is C33H33N3O. The third kappa shape index (κ3) is 3.75. The predicted octanol–water partition coefficient (Wildman–Crippen LogP) is 6.40. The number of primary amides is 1. The van der Waals surface area contributed by atoms with Crippen LogP contribution in [0.2, 0.25) is 0 Å². The molecule has 0 atom stereocenters. The number of amides is 1. The Labute approximate surface area is 218 Å². The van der Waals surface area contributed by atoms with Gasteiger partial charge in [-0.25, -0.2) is 0 Å². The van der Waals surface area contributed by atoms with E-state index in [-0.39, 0.29) is 5.91 Å². The SMILES string of the molecule is C=C1c2ccccc2-c2c1c(CCCC)c(C(N)=O)c(N1CCNCC1)c2-c1cccc2ccccc12. The van der Waals surface area contributed by atoms with Gasteiger partial charge in [-0.05, 0) is 57.0 Å². The van der Waals surface area contributed by atoms with Gasteiger partial charge in [0.05, 0.1) is 11.3 Å². The van der Waals surface area contributed by atoms with Gasteiger partial charge in [-0.1, -0.05) is 86.7 Å². The highest BCUT2D eigenvalue weighted by atomic mass is 16.1. The minimum absolute atomic E-state index is 0.354. The average molecular weight is 488 g/mol. The third-order valence-corrected chi connectivity index (χ3v) is 7.92. The Morgan fingerprint density at radius 1 is 0.892 bits per heavy atom. The standard InChI is InChI=1S/C33H33N3O/c1-3-4-12-27-28-21(2)23-13-7-8-15-25(23)29(28)30(26-16-9-11-22-10-5-6-14-24(22)26)32(31(27)33(34)37)36-19-17-35-18-20-36/h5-11,13-16,35H,2-4,12,17-20H2,1H3,(H2,34,37). The second-order valence-corrected chi connectivity index (χ2v) is 10.1. The van der Waals surface area contributed by atoms with Crippen LogP contribution in [0.4, 0.5) is 5.69 Å². The van der Waals surface area contributed by atoms with Crippen LogP contribution in [0.1, 0.15) is 46.8 Å². The fourth-order valence-corrected chi connectivity index (χ4v) is 6.27. The van der Waals surface area contributed by atoms with Crippen LogP contribution in [-0.2, 0) is 6.42 Å². The zero-order chi connectivity index (χ0) is 25.5. The lowest BCUT2D eigenvalue weighted by Crippen LogP contribution is -2.44. The summed E-state index contributed by atoms with van der Waals surface area (Å²) in [5, 5.41) is 5.83. The van der Waals surface area contributed by atoms with Gasteiger partial charge in [0.1, 0.15) is 0 Å². The van der Waals surface area contributed by atoms with Crippen molar-refractivity contribution in [2.75, 3.05) is 31.1 Å². The minimum Gasteiger partial charge on any atom is -0.368 e. The fourth-order valence-electron chi connectivity index (χ4n) is 6.27. The lowest BCUT2D eigenvalue weighted by molar-refractivity contribution is 0.0999. The molecule has 1 amide bonds. The third-order valence-electron chi connectivity index (χ3n) is 7.92. The highest BCUT2D eigenvalue weighted by Gasteiger charge is 2.36. The Hall–Kier alpha value is -3.89. The van der Waals surface area contributed by atoms with E-state index in [9.17, 15) is 4.79 Å². The van der Waals surface area contributed by atoms with E-state index in [1.165, 1.54) is 21.9 Å². The molecule has 1 heterocycles. The number of fused-ring (bicyclic) bond motifs is 4. The molecule has 3 N–H and O–H groups in total. The van der Waals surface area contributed by atoms with E-state index in [1.54, 1.807) is 0 Å². The molecule has 0 radical (unpaired) electrons. The summed E-state index contributed by atoms with van der Waals surface area (Å²) in [7, 11) is 0. The molecule has 0 aromatic heterocycles. The van der Waals surface area contributed by atoms with Crippen molar-refractivity contribution < 1.29 is 4.79 Å². The second kappa shape index (κ2) is 9.53. The van der Waals surface area contributed by atoms with E-state index in [1.807, 2.05) is 0 Å². The second-order valence-electron chi connectivity index (χ2n) is 10.1. The van der Waals surface area contributed by atoms with Crippen LogP contribution in [0.15, 0.2) is 73.3 Å². The van der Waals surface area contributed by atoms with Crippen LogP contribution in [0.3, 0.4) is 0 Å². The van der Waals surface area contributed by atoms with Gasteiger partial charge in [-0.3, -0.25) is 4.79 Å². The van der Waals surface area contributed by atoms with Gasteiger partial charge in [0, 0.05) is 37.3 Å². The molecule has 1 fully saturated rings. The molecule has 37 heavy (non-hydrogen) atoms. The highest BCUT2D eigenvalue weighted by Crippen LogP contribution is 2.55. The lowest BCUT2D eigenvalue weighted by Gasteiger charge is -2.35. The van der Waals surface area contributed by atoms with Gasteiger partial charge < -0.3 is 16.0 Å². The maximum Gasteiger partial charge on any atom is 0.251 e. The van der Waals surface area contributed by atoms with Gasteiger partial charge in [0.2, 0.25) is 0 Å². The number of nitrogens with two attached hydrogens (primary N) is 1.